The number of hydrogen-bond acceptors (Lipinski definition) is 8. The molecule has 148 valence electrons. The van der Waals surface area contributed by atoms with E-state index in [9.17, 15) is 24.0 Å². The number of carbonyl (C=O) groups is 5. The van der Waals surface area contributed by atoms with E-state index in [1.807, 2.05) is 0 Å². The summed E-state index contributed by atoms with van der Waals surface area (Å²) in [5, 5.41) is 24.0. The van der Waals surface area contributed by atoms with Crippen LogP contribution in [0.1, 0.15) is 12.8 Å². The van der Waals surface area contributed by atoms with Crippen LogP contribution in [0.15, 0.2) is 0 Å². The van der Waals surface area contributed by atoms with Gasteiger partial charge < -0.3 is 31.9 Å². The molecule has 0 aromatic carbocycles. The second kappa shape index (κ2) is 12.4. The molecule has 13 heteroatoms. The maximum absolute atomic E-state index is 12.3. The van der Waals surface area contributed by atoms with Gasteiger partial charge in [-0.2, -0.15) is 25.3 Å². The maximum Gasteiger partial charge on any atom is 0.322 e. The fraction of sp³-hybridized carbons (Fsp3) is 0.615. The first-order chi connectivity index (χ1) is 12.1. The number of rotatable bonds is 12. The minimum atomic E-state index is -1.27. The van der Waals surface area contributed by atoms with Crippen LogP contribution in [0.5, 0.6) is 0 Å². The van der Waals surface area contributed by atoms with Gasteiger partial charge in [-0.15, -0.1) is 0 Å². The molecule has 0 fully saturated rings. The third kappa shape index (κ3) is 9.48. The van der Waals surface area contributed by atoms with Gasteiger partial charge in [-0.05, 0) is 6.42 Å². The monoisotopic (exact) mass is 410 g/mol. The summed E-state index contributed by atoms with van der Waals surface area (Å²) in [6.45, 7) is -0.644. The van der Waals surface area contributed by atoms with E-state index in [0.29, 0.717) is 0 Å². The lowest BCUT2D eigenvalue weighted by Crippen LogP contribution is -2.56. The minimum absolute atomic E-state index is 0.00988. The van der Waals surface area contributed by atoms with Gasteiger partial charge in [0.1, 0.15) is 18.6 Å². The number of carboxylic acid groups (broad SMARTS) is 2. The Morgan fingerprint density at radius 1 is 0.846 bits per heavy atom. The summed E-state index contributed by atoms with van der Waals surface area (Å²) in [6, 6.07) is -3.43. The highest BCUT2D eigenvalue weighted by Crippen LogP contribution is 2.01. The highest BCUT2D eigenvalue weighted by atomic mass is 32.1. The Kier molecular flexibility index (Phi) is 11.4. The lowest BCUT2D eigenvalue weighted by Gasteiger charge is -2.22. The summed E-state index contributed by atoms with van der Waals surface area (Å²) in [6.07, 6.45) is -0.645. The molecule has 11 nitrogen and oxygen atoms in total. The number of carboxylic acids is 2. The van der Waals surface area contributed by atoms with Crippen molar-refractivity contribution >= 4 is 54.9 Å². The second-order valence-corrected chi connectivity index (χ2v) is 5.87. The fourth-order valence-electron chi connectivity index (χ4n) is 1.65. The number of thiol groups is 2. The van der Waals surface area contributed by atoms with E-state index in [2.05, 4.69) is 41.2 Å². The number of hydrogen-bond donors (Lipinski definition) is 8. The van der Waals surface area contributed by atoms with E-state index in [-0.39, 0.29) is 17.9 Å². The molecule has 3 amide bonds. The Labute approximate surface area is 160 Å². The zero-order valence-corrected chi connectivity index (χ0v) is 15.5. The molecule has 0 saturated carbocycles. The van der Waals surface area contributed by atoms with Crippen LogP contribution in [0.3, 0.4) is 0 Å². The van der Waals surface area contributed by atoms with Crippen molar-refractivity contribution in [1.29, 1.82) is 0 Å². The number of nitrogens with two attached hydrogens (primary N) is 1. The van der Waals surface area contributed by atoms with Crippen molar-refractivity contribution in [3.05, 3.63) is 0 Å². The summed E-state index contributed by atoms with van der Waals surface area (Å²) in [7, 11) is 0. The van der Waals surface area contributed by atoms with Crippen LogP contribution in [0.2, 0.25) is 0 Å². The summed E-state index contributed by atoms with van der Waals surface area (Å²) >= 11 is 7.77. The van der Waals surface area contributed by atoms with Gasteiger partial charge in [-0.3, -0.25) is 24.0 Å². The molecule has 3 atom stereocenters. The van der Waals surface area contributed by atoms with Crippen molar-refractivity contribution in [1.82, 2.24) is 16.0 Å². The highest BCUT2D eigenvalue weighted by molar-refractivity contribution is 7.80. The molecule has 0 rings (SSSR count). The molecule has 0 saturated heterocycles. The fourth-order valence-corrected chi connectivity index (χ4v) is 2.07. The lowest BCUT2D eigenvalue weighted by molar-refractivity contribution is -0.138. The maximum atomic E-state index is 12.3. The second-order valence-electron chi connectivity index (χ2n) is 5.14. The molecule has 0 bridgehead atoms. The van der Waals surface area contributed by atoms with Crippen LogP contribution < -0.4 is 21.7 Å². The summed E-state index contributed by atoms with van der Waals surface area (Å²) in [5.74, 6) is -4.90. The SMILES string of the molecule is NC(CS)C(=O)NC(CCC(=O)O)C(=O)NC(CS)C(=O)NCC(=O)O. The normalized spacial score (nSPS) is 13.8. The van der Waals surface area contributed by atoms with Crippen molar-refractivity contribution in [2.75, 3.05) is 18.1 Å². The molecule has 7 N–H and O–H groups in total. The van der Waals surface area contributed by atoms with Gasteiger partial charge in [-0.25, -0.2) is 0 Å². The number of aliphatic carboxylic acids is 2. The molecule has 0 aliphatic carbocycles. The van der Waals surface area contributed by atoms with Gasteiger partial charge in [0.25, 0.3) is 0 Å². The number of carbonyl (C=O) groups excluding carboxylic acids is 3. The van der Waals surface area contributed by atoms with E-state index in [1.54, 1.807) is 0 Å². The van der Waals surface area contributed by atoms with Gasteiger partial charge in [0.2, 0.25) is 17.7 Å². The molecular formula is C13H22N4O7S2. The molecule has 0 aliphatic rings. The minimum Gasteiger partial charge on any atom is -0.481 e. The predicted octanol–water partition coefficient (Wildman–Crippen LogP) is -2.79. The molecule has 0 spiro atoms. The zero-order chi connectivity index (χ0) is 20.3. The standard InChI is InChI=1S/C13H22N4O7S2/c14-6(4-25)11(22)16-7(1-2-9(18)19)13(24)17-8(5-26)12(23)15-3-10(20)21/h6-8,25-26H,1-5,14H2,(H,15,23)(H,16,22)(H,17,24)(H,18,19)(H,20,21). The molecule has 0 aromatic rings. The third-order valence-corrected chi connectivity index (χ3v) is 3.80. The number of amides is 3. The van der Waals surface area contributed by atoms with Crippen LogP contribution in [-0.2, 0) is 24.0 Å². The molecule has 0 radical (unpaired) electrons. The van der Waals surface area contributed by atoms with Gasteiger partial charge in [0.05, 0.1) is 6.04 Å². The van der Waals surface area contributed by atoms with Crippen LogP contribution in [0.25, 0.3) is 0 Å². The smallest absolute Gasteiger partial charge is 0.322 e. The number of nitrogens with one attached hydrogen (secondary N) is 3. The summed E-state index contributed by atoms with van der Waals surface area (Å²) in [4.78, 5) is 57.2. The highest BCUT2D eigenvalue weighted by Gasteiger charge is 2.27. The first-order valence-electron chi connectivity index (χ1n) is 7.41. The summed E-state index contributed by atoms with van der Waals surface area (Å²) < 4.78 is 0. The van der Waals surface area contributed by atoms with E-state index < -0.39 is 60.8 Å². The lowest BCUT2D eigenvalue weighted by atomic mass is 10.1. The molecule has 26 heavy (non-hydrogen) atoms. The Hall–Kier alpha value is -1.99. The first-order valence-corrected chi connectivity index (χ1v) is 8.68. The average Bonchev–Trinajstić information content (AvgIpc) is 2.59. The van der Waals surface area contributed by atoms with Crippen molar-refractivity contribution in [2.45, 2.75) is 31.0 Å². The van der Waals surface area contributed by atoms with Crippen LogP contribution >= 0.6 is 25.3 Å². The van der Waals surface area contributed by atoms with E-state index >= 15 is 0 Å². The quantitative estimate of drug-likeness (QED) is 0.158. The van der Waals surface area contributed by atoms with E-state index in [4.69, 9.17) is 15.9 Å². The topological polar surface area (TPSA) is 188 Å². The molecule has 3 unspecified atom stereocenters. The third-order valence-electron chi connectivity index (χ3n) is 3.04. The van der Waals surface area contributed by atoms with Gasteiger partial charge in [0.15, 0.2) is 0 Å². The Balaban J connectivity index is 5.00. The molecule has 0 aliphatic heterocycles. The zero-order valence-electron chi connectivity index (χ0n) is 13.7. The van der Waals surface area contributed by atoms with E-state index in [1.165, 1.54) is 0 Å². The van der Waals surface area contributed by atoms with E-state index in [0.717, 1.165) is 0 Å². The van der Waals surface area contributed by atoms with Crippen LogP contribution in [-0.4, -0.2) is 76.0 Å². The molecule has 0 heterocycles. The molecule has 0 aromatic heterocycles. The van der Waals surface area contributed by atoms with Crippen molar-refractivity contribution < 1.29 is 34.2 Å². The van der Waals surface area contributed by atoms with Crippen LogP contribution in [0, 0.1) is 0 Å². The average molecular weight is 410 g/mol. The predicted molar refractivity (Wildman–Crippen MR) is 97.1 cm³/mol. The Morgan fingerprint density at radius 2 is 1.42 bits per heavy atom. The summed E-state index contributed by atoms with van der Waals surface area (Å²) in [5.41, 5.74) is 5.50. The Morgan fingerprint density at radius 3 is 1.88 bits per heavy atom. The molecular weight excluding hydrogens is 388 g/mol. The van der Waals surface area contributed by atoms with Gasteiger partial charge >= 0.3 is 11.9 Å². The van der Waals surface area contributed by atoms with Crippen molar-refractivity contribution in [3.63, 3.8) is 0 Å². The van der Waals surface area contributed by atoms with Gasteiger partial charge in [0, 0.05) is 17.9 Å². The van der Waals surface area contributed by atoms with Gasteiger partial charge in [-0.1, -0.05) is 0 Å². The van der Waals surface area contributed by atoms with Crippen molar-refractivity contribution in [2.24, 2.45) is 5.73 Å². The Bertz CT molecular complexity index is 547. The van der Waals surface area contributed by atoms with Crippen molar-refractivity contribution in [3.8, 4) is 0 Å². The first kappa shape index (κ1) is 24.0. The van der Waals surface area contributed by atoms with Crippen LogP contribution in [0.4, 0.5) is 0 Å². The largest absolute Gasteiger partial charge is 0.481 e.